The molecule has 2 N–H and O–H groups in total. The van der Waals surface area contributed by atoms with E-state index in [2.05, 4.69) is 15.7 Å². The van der Waals surface area contributed by atoms with E-state index >= 15 is 0 Å². The number of aromatic nitrogens is 2. The third-order valence-corrected chi connectivity index (χ3v) is 3.77. The molecular weight excluding hydrogens is 347 g/mol. The van der Waals surface area contributed by atoms with Crippen LogP contribution in [0.4, 0.5) is 0 Å². The van der Waals surface area contributed by atoms with Gasteiger partial charge in [-0.05, 0) is 33.9 Å². The Bertz CT molecular complexity index is 692. The lowest BCUT2D eigenvalue weighted by molar-refractivity contribution is 0.0954. The number of carbonyl (C=O) groups excluding carboxylic acids is 1. The number of rotatable bonds is 5. The van der Waals surface area contributed by atoms with Gasteiger partial charge in [0.15, 0.2) is 0 Å². The highest BCUT2D eigenvalue weighted by molar-refractivity contribution is 6.33. The molecule has 2 aromatic rings. The van der Waals surface area contributed by atoms with Gasteiger partial charge in [-0.1, -0.05) is 29.8 Å². The van der Waals surface area contributed by atoms with Gasteiger partial charge in [0.1, 0.15) is 5.69 Å². The van der Waals surface area contributed by atoms with Gasteiger partial charge >= 0.3 is 0 Å². The van der Waals surface area contributed by atoms with Gasteiger partial charge in [0.25, 0.3) is 5.91 Å². The number of hydrogen-bond acceptors (Lipinski definition) is 3. The quantitative estimate of drug-likeness (QED) is 0.793. The Morgan fingerprint density at radius 1 is 1.25 bits per heavy atom. The monoisotopic (exact) mass is 370 g/mol. The van der Waals surface area contributed by atoms with Crippen LogP contribution in [0, 0.1) is 0 Å². The molecule has 0 radical (unpaired) electrons. The van der Waals surface area contributed by atoms with Crippen molar-refractivity contribution >= 4 is 29.9 Å². The van der Waals surface area contributed by atoms with Crippen LogP contribution in [0.25, 0.3) is 11.3 Å². The molecular formula is C17H24Cl2N4O. The summed E-state index contributed by atoms with van der Waals surface area (Å²) in [6.07, 6.45) is 1.79. The summed E-state index contributed by atoms with van der Waals surface area (Å²) < 4.78 is 1.80. The molecule has 0 bridgehead atoms. The van der Waals surface area contributed by atoms with Crippen LogP contribution < -0.4 is 10.6 Å². The van der Waals surface area contributed by atoms with E-state index in [4.69, 9.17) is 11.6 Å². The predicted octanol–water partition coefficient (Wildman–Crippen LogP) is 3.33. The van der Waals surface area contributed by atoms with Crippen molar-refractivity contribution in [3.63, 3.8) is 0 Å². The second-order valence-electron chi connectivity index (χ2n) is 6.35. The Morgan fingerprint density at radius 2 is 1.92 bits per heavy atom. The molecule has 1 aromatic heterocycles. The fourth-order valence-electron chi connectivity index (χ4n) is 2.13. The summed E-state index contributed by atoms with van der Waals surface area (Å²) in [6, 6.07) is 7.43. The van der Waals surface area contributed by atoms with Crippen LogP contribution >= 0.6 is 24.0 Å². The van der Waals surface area contributed by atoms with Gasteiger partial charge in [-0.3, -0.25) is 9.48 Å². The van der Waals surface area contributed by atoms with E-state index in [0.717, 1.165) is 5.56 Å². The van der Waals surface area contributed by atoms with Crippen LogP contribution in [0.5, 0.6) is 0 Å². The maximum Gasteiger partial charge on any atom is 0.255 e. The number of halogens is 2. The molecule has 1 amide bonds. The van der Waals surface area contributed by atoms with Crippen LogP contribution in [-0.4, -0.2) is 35.8 Å². The van der Waals surface area contributed by atoms with Gasteiger partial charge in [0.05, 0.1) is 16.1 Å². The Balaban J connectivity index is 0.00000288. The Morgan fingerprint density at radius 3 is 2.50 bits per heavy atom. The summed E-state index contributed by atoms with van der Waals surface area (Å²) in [6.45, 7) is 7.38. The lowest BCUT2D eigenvalue weighted by Gasteiger charge is -2.18. The van der Waals surface area contributed by atoms with Crippen molar-refractivity contribution in [1.29, 1.82) is 0 Å². The van der Waals surface area contributed by atoms with Gasteiger partial charge in [-0.25, -0.2) is 0 Å². The van der Waals surface area contributed by atoms with E-state index in [0.29, 0.717) is 29.4 Å². The molecule has 0 atom stereocenters. The zero-order valence-electron chi connectivity index (χ0n) is 14.4. The first-order valence-electron chi connectivity index (χ1n) is 7.62. The molecule has 0 aliphatic rings. The number of likely N-dealkylation sites (N-methyl/N-ethyl adjacent to an activating group) is 1. The molecule has 1 aromatic carbocycles. The van der Waals surface area contributed by atoms with Gasteiger partial charge in [-0.15, -0.1) is 12.4 Å². The zero-order valence-corrected chi connectivity index (χ0v) is 16.0. The number of nitrogens with one attached hydrogen (secondary N) is 2. The minimum Gasteiger partial charge on any atom is -0.351 e. The normalized spacial score (nSPS) is 11.0. The lowest BCUT2D eigenvalue weighted by Crippen LogP contribution is -2.30. The molecule has 0 saturated heterocycles. The minimum absolute atomic E-state index is 0. The number of nitrogens with zero attached hydrogens (tertiary/aromatic N) is 2. The molecule has 132 valence electrons. The second-order valence-corrected chi connectivity index (χ2v) is 6.75. The van der Waals surface area contributed by atoms with Gasteiger partial charge in [-0.2, -0.15) is 5.10 Å². The molecule has 0 aliphatic heterocycles. The van der Waals surface area contributed by atoms with Crippen molar-refractivity contribution in [2.45, 2.75) is 26.3 Å². The van der Waals surface area contributed by atoms with Gasteiger partial charge in [0, 0.05) is 24.8 Å². The van der Waals surface area contributed by atoms with Crippen LogP contribution in [0.15, 0.2) is 30.5 Å². The fraction of sp³-hybridized carbons (Fsp3) is 0.412. The Kier molecular flexibility index (Phi) is 7.27. The zero-order chi connectivity index (χ0) is 17.0. The van der Waals surface area contributed by atoms with Crippen molar-refractivity contribution in [2.75, 3.05) is 20.1 Å². The van der Waals surface area contributed by atoms with Crippen LogP contribution in [0.3, 0.4) is 0 Å². The summed E-state index contributed by atoms with van der Waals surface area (Å²) in [7, 11) is 1.85. The van der Waals surface area contributed by atoms with Gasteiger partial charge in [0.2, 0.25) is 0 Å². The maximum absolute atomic E-state index is 12.5. The first kappa shape index (κ1) is 20.5. The van der Waals surface area contributed by atoms with Crippen LogP contribution in [-0.2, 0) is 5.54 Å². The summed E-state index contributed by atoms with van der Waals surface area (Å²) in [5, 5.41) is 11.1. The van der Waals surface area contributed by atoms with E-state index < -0.39 is 0 Å². The molecule has 0 spiro atoms. The molecule has 7 heteroatoms. The minimum atomic E-state index is -0.223. The molecule has 0 fully saturated rings. The molecule has 5 nitrogen and oxygen atoms in total. The highest BCUT2D eigenvalue weighted by atomic mass is 35.5. The third-order valence-electron chi connectivity index (χ3n) is 3.44. The lowest BCUT2D eigenvalue weighted by atomic mass is 10.1. The highest BCUT2D eigenvalue weighted by Gasteiger charge is 2.23. The van der Waals surface area contributed by atoms with Crippen LogP contribution in [0.1, 0.15) is 31.1 Å². The average Bonchev–Trinajstić information content (AvgIpc) is 2.93. The number of carbonyl (C=O) groups is 1. The fourth-order valence-corrected chi connectivity index (χ4v) is 2.36. The Hall–Kier alpha value is -1.56. The van der Waals surface area contributed by atoms with Crippen molar-refractivity contribution in [3.05, 3.63) is 41.0 Å². The largest absolute Gasteiger partial charge is 0.351 e. The van der Waals surface area contributed by atoms with E-state index in [1.54, 1.807) is 16.9 Å². The summed E-state index contributed by atoms with van der Waals surface area (Å²) in [5.41, 5.74) is 1.67. The number of amides is 1. The smallest absolute Gasteiger partial charge is 0.255 e. The first-order chi connectivity index (χ1) is 10.8. The molecule has 2 rings (SSSR count). The summed E-state index contributed by atoms with van der Waals surface area (Å²) in [5.74, 6) is -0.148. The van der Waals surface area contributed by atoms with Crippen molar-refractivity contribution in [2.24, 2.45) is 0 Å². The van der Waals surface area contributed by atoms with Crippen molar-refractivity contribution in [1.82, 2.24) is 20.4 Å². The van der Waals surface area contributed by atoms with E-state index in [1.807, 2.05) is 46.0 Å². The van der Waals surface area contributed by atoms with Gasteiger partial charge < -0.3 is 10.6 Å². The number of hydrogen-bond donors (Lipinski definition) is 2. The van der Waals surface area contributed by atoms with Crippen molar-refractivity contribution < 1.29 is 4.79 Å². The van der Waals surface area contributed by atoms with Crippen LogP contribution in [0.2, 0.25) is 5.02 Å². The number of benzene rings is 1. The standard InChI is InChI=1S/C17H23ClN4O.ClH/c1-17(2,3)22-11-13(16(23)20-10-9-19-4)15(21-22)12-7-5-6-8-14(12)18;/h5-8,11,19H,9-10H2,1-4H3,(H,20,23);1H. The molecule has 0 unspecified atom stereocenters. The highest BCUT2D eigenvalue weighted by Crippen LogP contribution is 2.30. The molecule has 1 heterocycles. The van der Waals surface area contributed by atoms with E-state index in [-0.39, 0.29) is 23.9 Å². The average molecular weight is 371 g/mol. The Labute approximate surface area is 154 Å². The van der Waals surface area contributed by atoms with Crippen molar-refractivity contribution in [3.8, 4) is 11.3 Å². The summed E-state index contributed by atoms with van der Waals surface area (Å²) in [4.78, 5) is 12.5. The predicted molar refractivity (Wildman–Crippen MR) is 101 cm³/mol. The third kappa shape index (κ3) is 4.72. The first-order valence-corrected chi connectivity index (χ1v) is 8.00. The summed E-state index contributed by atoms with van der Waals surface area (Å²) >= 11 is 6.29. The second kappa shape index (κ2) is 8.51. The maximum atomic E-state index is 12.5. The SMILES string of the molecule is CNCCNC(=O)c1cn(C(C)(C)C)nc1-c1ccccc1Cl.Cl. The van der Waals surface area contributed by atoms with E-state index in [1.165, 1.54) is 0 Å². The molecule has 0 aliphatic carbocycles. The molecule has 0 saturated carbocycles. The topological polar surface area (TPSA) is 58.9 Å². The molecule has 24 heavy (non-hydrogen) atoms. The van der Waals surface area contributed by atoms with E-state index in [9.17, 15) is 4.79 Å².